The van der Waals surface area contributed by atoms with Gasteiger partial charge in [0.05, 0.1) is 32.7 Å². The van der Waals surface area contributed by atoms with Gasteiger partial charge in [0.25, 0.3) is 5.91 Å². The van der Waals surface area contributed by atoms with Crippen LogP contribution in [-0.4, -0.2) is 46.5 Å². The van der Waals surface area contributed by atoms with Gasteiger partial charge in [-0.05, 0) is 55.3 Å². The van der Waals surface area contributed by atoms with Crippen LogP contribution in [0.1, 0.15) is 28.8 Å². The molecule has 0 saturated carbocycles. The minimum Gasteiger partial charge on any atom is -0.493 e. The highest BCUT2D eigenvalue weighted by Gasteiger charge is 2.16. The summed E-state index contributed by atoms with van der Waals surface area (Å²) in [6.07, 6.45) is 4.06. The number of aliphatic imine (C=N–C) groups is 1. The minimum atomic E-state index is -0.177. The molecule has 34 heavy (non-hydrogen) atoms. The van der Waals surface area contributed by atoms with Gasteiger partial charge >= 0.3 is 0 Å². The predicted molar refractivity (Wildman–Crippen MR) is 136 cm³/mol. The average Bonchev–Trinajstić information content (AvgIpc) is 3.42. The van der Waals surface area contributed by atoms with Crippen molar-refractivity contribution < 1.29 is 19.0 Å². The second-order valence-corrected chi connectivity index (χ2v) is 7.93. The lowest BCUT2D eigenvalue weighted by Gasteiger charge is -2.19. The van der Waals surface area contributed by atoms with Crippen molar-refractivity contribution in [2.45, 2.75) is 12.8 Å². The van der Waals surface area contributed by atoms with Gasteiger partial charge in [-0.1, -0.05) is 18.2 Å². The normalized spacial score (nSPS) is 13.2. The summed E-state index contributed by atoms with van der Waals surface area (Å²) in [7, 11) is 4.72. The highest BCUT2D eigenvalue weighted by Crippen LogP contribution is 2.38. The van der Waals surface area contributed by atoms with Crippen molar-refractivity contribution in [3.63, 3.8) is 0 Å². The number of anilines is 2. The first-order valence-corrected chi connectivity index (χ1v) is 11.2. The van der Waals surface area contributed by atoms with E-state index in [1.54, 1.807) is 39.7 Å². The summed E-state index contributed by atoms with van der Waals surface area (Å²) in [6, 6.07) is 18.8. The summed E-state index contributed by atoms with van der Waals surface area (Å²) in [5.41, 5.74) is 3.75. The van der Waals surface area contributed by atoms with Crippen molar-refractivity contribution in [1.82, 2.24) is 0 Å². The van der Waals surface area contributed by atoms with Crippen molar-refractivity contribution in [3.05, 3.63) is 71.8 Å². The van der Waals surface area contributed by atoms with Crippen LogP contribution in [0.25, 0.3) is 0 Å². The first-order valence-electron chi connectivity index (χ1n) is 11.2. The molecule has 7 nitrogen and oxygen atoms in total. The minimum absolute atomic E-state index is 0.177. The van der Waals surface area contributed by atoms with Gasteiger partial charge in [0, 0.05) is 36.1 Å². The Bertz CT molecular complexity index is 1150. The van der Waals surface area contributed by atoms with E-state index in [4.69, 9.17) is 14.2 Å². The third-order valence-corrected chi connectivity index (χ3v) is 5.78. The van der Waals surface area contributed by atoms with Crippen molar-refractivity contribution in [3.8, 4) is 17.2 Å². The number of ether oxygens (including phenoxy) is 3. The van der Waals surface area contributed by atoms with Crippen molar-refractivity contribution >= 4 is 29.2 Å². The van der Waals surface area contributed by atoms with Crippen LogP contribution in [0.5, 0.6) is 17.2 Å². The molecule has 1 heterocycles. The molecule has 1 fully saturated rings. The van der Waals surface area contributed by atoms with E-state index >= 15 is 0 Å². The van der Waals surface area contributed by atoms with Gasteiger partial charge in [0.15, 0.2) is 11.5 Å². The van der Waals surface area contributed by atoms with E-state index in [9.17, 15) is 4.79 Å². The second kappa shape index (κ2) is 10.7. The number of methoxy groups -OCH3 is 3. The van der Waals surface area contributed by atoms with E-state index in [0.717, 1.165) is 24.3 Å². The Morgan fingerprint density at radius 1 is 0.912 bits per heavy atom. The van der Waals surface area contributed by atoms with E-state index in [-0.39, 0.29) is 5.91 Å². The number of rotatable bonds is 8. The number of hydrogen-bond acceptors (Lipinski definition) is 6. The molecule has 1 amide bonds. The lowest BCUT2D eigenvalue weighted by molar-refractivity contribution is 0.102. The molecule has 0 atom stereocenters. The molecular formula is C27H29N3O4. The molecule has 0 bridgehead atoms. The van der Waals surface area contributed by atoms with Crippen molar-refractivity contribution in [2.75, 3.05) is 44.6 Å². The number of nitrogens with zero attached hydrogens (tertiary/aromatic N) is 2. The highest BCUT2D eigenvalue weighted by atomic mass is 16.5. The monoisotopic (exact) mass is 459 g/mol. The quantitative estimate of drug-likeness (QED) is 0.462. The number of hydrogen-bond donors (Lipinski definition) is 1. The van der Waals surface area contributed by atoms with Gasteiger partial charge in [0.1, 0.15) is 0 Å². The van der Waals surface area contributed by atoms with Crippen LogP contribution in [-0.2, 0) is 0 Å². The molecule has 0 aliphatic carbocycles. The van der Waals surface area contributed by atoms with Crippen molar-refractivity contribution in [1.29, 1.82) is 0 Å². The maximum absolute atomic E-state index is 12.9. The zero-order valence-electron chi connectivity index (χ0n) is 19.7. The van der Waals surface area contributed by atoms with Crippen LogP contribution >= 0.6 is 0 Å². The van der Waals surface area contributed by atoms with Crippen LogP contribution in [0.4, 0.5) is 17.1 Å². The van der Waals surface area contributed by atoms with E-state index in [1.165, 1.54) is 12.8 Å². The maximum Gasteiger partial charge on any atom is 0.255 e. The fourth-order valence-electron chi connectivity index (χ4n) is 4.01. The van der Waals surface area contributed by atoms with Gasteiger partial charge in [-0.2, -0.15) is 0 Å². The van der Waals surface area contributed by atoms with Crippen LogP contribution < -0.4 is 24.4 Å². The Kier molecular flexibility index (Phi) is 7.32. The number of nitrogens with one attached hydrogen (secondary N) is 1. The Morgan fingerprint density at radius 2 is 1.59 bits per heavy atom. The summed E-state index contributed by atoms with van der Waals surface area (Å²) < 4.78 is 16.3. The first kappa shape index (κ1) is 23.2. The largest absolute Gasteiger partial charge is 0.493 e. The molecule has 176 valence electrons. The van der Waals surface area contributed by atoms with Crippen molar-refractivity contribution in [2.24, 2.45) is 4.99 Å². The van der Waals surface area contributed by atoms with Crippen LogP contribution in [0, 0.1) is 0 Å². The molecule has 1 saturated heterocycles. The lowest BCUT2D eigenvalue weighted by Crippen LogP contribution is -2.18. The number of benzene rings is 3. The number of carbonyl (C=O) groups is 1. The summed E-state index contributed by atoms with van der Waals surface area (Å²) in [5, 5.41) is 3.04. The summed E-state index contributed by atoms with van der Waals surface area (Å²) in [4.78, 5) is 19.9. The second-order valence-electron chi connectivity index (χ2n) is 7.93. The van der Waals surface area contributed by atoms with Gasteiger partial charge in [-0.25, -0.2) is 0 Å². The molecule has 1 aliphatic heterocycles. The van der Waals surface area contributed by atoms with E-state index in [1.807, 2.05) is 48.5 Å². The Morgan fingerprint density at radius 3 is 2.21 bits per heavy atom. The molecule has 1 N–H and O–H groups in total. The topological polar surface area (TPSA) is 72.4 Å². The summed E-state index contributed by atoms with van der Waals surface area (Å²) in [5.74, 6) is 1.44. The SMILES string of the molecule is COc1cc(/C=N/c2ccc(N3CCCC3)cc2NC(=O)c2ccccc2)cc(OC)c1OC. The summed E-state index contributed by atoms with van der Waals surface area (Å²) >= 11 is 0. The molecule has 7 heteroatoms. The van der Waals surface area contributed by atoms with Gasteiger partial charge in [0.2, 0.25) is 5.75 Å². The first-order chi connectivity index (χ1) is 16.6. The van der Waals surface area contributed by atoms with Crippen LogP contribution in [0.2, 0.25) is 0 Å². The smallest absolute Gasteiger partial charge is 0.255 e. The third-order valence-electron chi connectivity index (χ3n) is 5.78. The molecule has 3 aromatic rings. The van der Waals surface area contributed by atoms with Gasteiger partial charge in [-0.15, -0.1) is 0 Å². The van der Waals surface area contributed by atoms with E-state index in [2.05, 4.69) is 15.2 Å². The van der Waals surface area contributed by atoms with E-state index < -0.39 is 0 Å². The van der Waals surface area contributed by atoms with Crippen LogP contribution in [0.3, 0.4) is 0 Å². The number of carbonyl (C=O) groups excluding carboxylic acids is 1. The molecule has 0 radical (unpaired) electrons. The molecule has 4 rings (SSSR count). The zero-order valence-corrected chi connectivity index (χ0v) is 19.7. The average molecular weight is 460 g/mol. The Hall–Kier alpha value is -4.00. The van der Waals surface area contributed by atoms with E-state index in [0.29, 0.717) is 34.2 Å². The highest BCUT2D eigenvalue weighted by molar-refractivity contribution is 6.06. The Labute approximate surface area is 200 Å². The van der Waals surface area contributed by atoms with Crippen LogP contribution in [0.15, 0.2) is 65.7 Å². The molecule has 0 spiro atoms. The fourth-order valence-corrected chi connectivity index (χ4v) is 4.01. The zero-order chi connectivity index (χ0) is 23.9. The fraction of sp³-hybridized carbons (Fsp3) is 0.259. The third kappa shape index (κ3) is 5.14. The molecule has 3 aromatic carbocycles. The number of amides is 1. The molecule has 0 aromatic heterocycles. The molecular weight excluding hydrogens is 430 g/mol. The summed E-state index contributed by atoms with van der Waals surface area (Å²) in [6.45, 7) is 2.03. The standard InChI is InChI=1S/C27H29N3O4/c1-32-24-15-19(16-25(33-2)26(24)34-3)18-28-22-12-11-21(30-13-7-8-14-30)17-23(22)29-27(31)20-9-5-4-6-10-20/h4-6,9-12,15-18H,7-8,13-14H2,1-3H3,(H,29,31)/b28-18+. The predicted octanol–water partition coefficient (Wildman–Crippen LogP) is 5.32. The molecule has 0 unspecified atom stereocenters. The maximum atomic E-state index is 12.9. The van der Waals surface area contributed by atoms with Gasteiger partial charge < -0.3 is 24.4 Å². The lowest BCUT2D eigenvalue weighted by atomic mass is 10.1. The molecule has 1 aliphatic rings. The van der Waals surface area contributed by atoms with Gasteiger partial charge in [-0.3, -0.25) is 9.79 Å². The Balaban J connectivity index is 1.68.